The number of rotatable bonds is 10. The molecule has 0 radical (unpaired) electrons. The first-order valence-corrected chi connectivity index (χ1v) is 12.0. The number of nitrogens with two attached hydrogens (primary N) is 2. The minimum atomic E-state index is -0.644. The van der Waals surface area contributed by atoms with E-state index in [2.05, 4.69) is 30.8 Å². The number of hydrazine groups is 1. The maximum absolute atomic E-state index is 15.2. The Morgan fingerprint density at radius 1 is 1.31 bits per heavy atom. The van der Waals surface area contributed by atoms with Crippen LogP contribution in [0.5, 0.6) is 0 Å². The molecule has 8 heteroatoms. The lowest BCUT2D eigenvalue weighted by Crippen LogP contribution is -2.47. The smallest absolute Gasteiger partial charge is 0.243 e. The molecule has 1 aliphatic heterocycles. The van der Waals surface area contributed by atoms with E-state index in [0.717, 1.165) is 19.3 Å². The largest absolute Gasteiger partial charge is 0.403 e. The fraction of sp³-hybridized carbons (Fsp3) is 0.407. The molecular formula is C27H36FN5O2. The van der Waals surface area contributed by atoms with Crippen molar-refractivity contribution in [3.05, 3.63) is 84.0 Å². The highest BCUT2D eigenvalue weighted by molar-refractivity contribution is 5.89. The number of allylic oxidation sites excluding steroid dienone is 2. The van der Waals surface area contributed by atoms with Crippen LogP contribution in [-0.4, -0.2) is 29.3 Å². The second kappa shape index (κ2) is 11.4. The minimum absolute atomic E-state index is 0.0279. The molecule has 1 aromatic rings. The van der Waals surface area contributed by atoms with Crippen LogP contribution >= 0.6 is 0 Å². The SMILES string of the molecule is C=C/C=C(\C=C)C(NC(=O)C1CCCN1C(=O)C/C(=C/N)NN)c1ccc(C2(C)CCC2)c(F)c1. The number of likely N-dealkylation sites (tertiary alicyclic amines) is 1. The van der Waals surface area contributed by atoms with E-state index < -0.39 is 12.1 Å². The number of benzene rings is 1. The molecule has 2 aliphatic rings. The summed E-state index contributed by atoms with van der Waals surface area (Å²) in [7, 11) is 0. The molecule has 2 atom stereocenters. The van der Waals surface area contributed by atoms with Crippen LogP contribution in [0.1, 0.15) is 62.6 Å². The molecule has 7 nitrogen and oxygen atoms in total. The molecule has 0 aromatic heterocycles. The number of carbonyl (C=O) groups excluding carboxylic acids is 2. The number of hydrogen-bond acceptors (Lipinski definition) is 5. The summed E-state index contributed by atoms with van der Waals surface area (Å²) in [5.74, 6) is 4.55. The summed E-state index contributed by atoms with van der Waals surface area (Å²) in [6.07, 6.45) is 10.4. The highest BCUT2D eigenvalue weighted by Gasteiger charge is 2.37. The summed E-state index contributed by atoms with van der Waals surface area (Å²) in [6, 6.07) is 3.89. The Balaban J connectivity index is 1.86. The van der Waals surface area contributed by atoms with E-state index in [0.29, 0.717) is 41.8 Å². The summed E-state index contributed by atoms with van der Waals surface area (Å²) in [6.45, 7) is 10.2. The van der Waals surface area contributed by atoms with Crippen LogP contribution in [0.2, 0.25) is 0 Å². The van der Waals surface area contributed by atoms with Gasteiger partial charge in [-0.15, -0.1) is 0 Å². The molecule has 2 amide bonds. The van der Waals surface area contributed by atoms with E-state index in [1.54, 1.807) is 23.1 Å². The molecule has 1 aliphatic carbocycles. The molecule has 2 unspecified atom stereocenters. The standard InChI is InChI=1S/C27H36FN5O2/c1-4-8-18(5-2)25(19-10-11-21(22(28)15-19)27(3)12-7-13-27)31-26(35)23-9-6-14-33(23)24(34)16-20(17-29)32-30/h4-5,8,10-11,15,17,23,25,32H,1-2,6-7,9,12-14,16,29-30H2,3H3,(H,31,35)/b18-8+,20-17-. The van der Waals surface area contributed by atoms with Crippen molar-refractivity contribution in [2.75, 3.05) is 6.54 Å². The number of amides is 2. The Morgan fingerprint density at radius 3 is 2.60 bits per heavy atom. The van der Waals surface area contributed by atoms with Gasteiger partial charge in [-0.05, 0) is 53.9 Å². The summed E-state index contributed by atoms with van der Waals surface area (Å²) >= 11 is 0. The molecule has 0 spiro atoms. The maximum Gasteiger partial charge on any atom is 0.243 e. The van der Waals surface area contributed by atoms with Crippen LogP contribution in [0, 0.1) is 5.82 Å². The van der Waals surface area contributed by atoms with E-state index in [9.17, 15) is 9.59 Å². The predicted molar refractivity (Wildman–Crippen MR) is 136 cm³/mol. The number of carbonyl (C=O) groups is 2. The topological polar surface area (TPSA) is 113 Å². The lowest BCUT2D eigenvalue weighted by atomic mass is 9.66. The fourth-order valence-corrected chi connectivity index (χ4v) is 4.95. The minimum Gasteiger partial charge on any atom is -0.403 e. The number of hydrogen-bond donors (Lipinski definition) is 4. The quantitative estimate of drug-likeness (QED) is 0.232. The van der Waals surface area contributed by atoms with Gasteiger partial charge >= 0.3 is 0 Å². The van der Waals surface area contributed by atoms with Gasteiger partial charge in [0.2, 0.25) is 11.8 Å². The zero-order valence-electron chi connectivity index (χ0n) is 20.4. The predicted octanol–water partition coefficient (Wildman–Crippen LogP) is 3.37. The zero-order valence-corrected chi connectivity index (χ0v) is 20.4. The van der Waals surface area contributed by atoms with Gasteiger partial charge in [0.05, 0.1) is 18.2 Å². The third kappa shape index (κ3) is 5.65. The van der Waals surface area contributed by atoms with Crippen molar-refractivity contribution in [3.63, 3.8) is 0 Å². The first-order valence-electron chi connectivity index (χ1n) is 12.0. The van der Waals surface area contributed by atoms with Gasteiger partial charge in [0, 0.05) is 12.7 Å². The Kier molecular flexibility index (Phi) is 8.51. The summed E-state index contributed by atoms with van der Waals surface area (Å²) < 4.78 is 15.2. The second-order valence-electron chi connectivity index (χ2n) is 9.46. The van der Waals surface area contributed by atoms with Crippen LogP contribution in [0.15, 0.2) is 67.1 Å². The molecule has 1 saturated heterocycles. The van der Waals surface area contributed by atoms with Crippen LogP contribution in [0.25, 0.3) is 0 Å². The van der Waals surface area contributed by atoms with Gasteiger partial charge in [0.1, 0.15) is 11.9 Å². The second-order valence-corrected chi connectivity index (χ2v) is 9.46. The molecule has 188 valence electrons. The van der Waals surface area contributed by atoms with Crippen molar-refractivity contribution >= 4 is 11.8 Å². The van der Waals surface area contributed by atoms with E-state index in [4.69, 9.17) is 11.6 Å². The summed E-state index contributed by atoms with van der Waals surface area (Å²) in [5, 5.41) is 3.02. The fourth-order valence-electron chi connectivity index (χ4n) is 4.95. The molecular weight excluding hydrogens is 445 g/mol. The van der Waals surface area contributed by atoms with Gasteiger partial charge in [-0.25, -0.2) is 4.39 Å². The lowest BCUT2D eigenvalue weighted by molar-refractivity contribution is -0.138. The van der Waals surface area contributed by atoms with Crippen LogP contribution < -0.4 is 22.3 Å². The van der Waals surface area contributed by atoms with Crippen molar-refractivity contribution < 1.29 is 14.0 Å². The van der Waals surface area contributed by atoms with Crippen molar-refractivity contribution in [1.82, 2.24) is 15.6 Å². The Labute approximate surface area is 206 Å². The number of halogens is 1. The Hall–Kier alpha value is -3.39. The van der Waals surface area contributed by atoms with Gasteiger partial charge in [0.25, 0.3) is 0 Å². The van der Waals surface area contributed by atoms with E-state index in [1.165, 1.54) is 12.3 Å². The van der Waals surface area contributed by atoms with E-state index in [1.807, 2.05) is 12.1 Å². The van der Waals surface area contributed by atoms with Gasteiger partial charge in [0.15, 0.2) is 0 Å². The molecule has 2 fully saturated rings. The van der Waals surface area contributed by atoms with Crippen molar-refractivity contribution in [1.29, 1.82) is 0 Å². The average molecular weight is 482 g/mol. The van der Waals surface area contributed by atoms with Crippen molar-refractivity contribution in [3.8, 4) is 0 Å². The Bertz CT molecular complexity index is 1040. The first-order chi connectivity index (χ1) is 16.8. The number of nitrogens with zero attached hydrogens (tertiary/aromatic N) is 1. The van der Waals surface area contributed by atoms with Gasteiger partial charge in [-0.1, -0.05) is 56.9 Å². The summed E-state index contributed by atoms with van der Waals surface area (Å²) in [4.78, 5) is 27.7. The highest BCUT2D eigenvalue weighted by Crippen LogP contribution is 2.44. The first kappa shape index (κ1) is 26.2. The molecule has 35 heavy (non-hydrogen) atoms. The van der Waals surface area contributed by atoms with E-state index in [-0.39, 0.29) is 29.5 Å². The van der Waals surface area contributed by atoms with Crippen molar-refractivity contribution in [2.45, 2.75) is 62.9 Å². The normalized spacial score (nSPS) is 20.5. The zero-order chi connectivity index (χ0) is 25.6. The van der Waals surface area contributed by atoms with E-state index >= 15 is 4.39 Å². The average Bonchev–Trinajstić information content (AvgIpc) is 3.33. The molecule has 0 bridgehead atoms. The molecule has 1 heterocycles. The lowest BCUT2D eigenvalue weighted by Gasteiger charge is -2.39. The van der Waals surface area contributed by atoms with Gasteiger partial charge in [-0.2, -0.15) is 0 Å². The van der Waals surface area contributed by atoms with Crippen LogP contribution in [-0.2, 0) is 15.0 Å². The Morgan fingerprint density at radius 2 is 2.06 bits per heavy atom. The third-order valence-corrected chi connectivity index (χ3v) is 7.20. The highest BCUT2D eigenvalue weighted by atomic mass is 19.1. The molecule has 1 aromatic carbocycles. The van der Waals surface area contributed by atoms with Gasteiger partial charge in [-0.3, -0.25) is 15.4 Å². The maximum atomic E-state index is 15.2. The third-order valence-electron chi connectivity index (χ3n) is 7.20. The van der Waals surface area contributed by atoms with Gasteiger partial charge < -0.3 is 21.4 Å². The van der Waals surface area contributed by atoms with Crippen LogP contribution in [0.4, 0.5) is 4.39 Å². The van der Waals surface area contributed by atoms with Crippen LogP contribution in [0.3, 0.4) is 0 Å². The molecule has 6 N–H and O–H groups in total. The molecule has 3 rings (SSSR count). The summed E-state index contributed by atoms with van der Waals surface area (Å²) in [5.41, 5.74) is 10.1. The van der Waals surface area contributed by atoms with Crippen molar-refractivity contribution in [2.24, 2.45) is 11.6 Å². The molecule has 1 saturated carbocycles. The monoisotopic (exact) mass is 481 g/mol. The number of nitrogens with one attached hydrogen (secondary N) is 2.